The molecule has 1 saturated carbocycles. The fourth-order valence-corrected chi connectivity index (χ4v) is 5.81. The predicted octanol–water partition coefficient (Wildman–Crippen LogP) is 7.90. The summed E-state index contributed by atoms with van der Waals surface area (Å²) in [5.41, 5.74) is 8.22. The molecule has 0 aliphatic heterocycles. The van der Waals surface area contributed by atoms with Crippen molar-refractivity contribution in [2.45, 2.75) is 66.2 Å². The Hall–Kier alpha value is -1.82. The van der Waals surface area contributed by atoms with Crippen molar-refractivity contribution in [2.75, 3.05) is 0 Å². The molecule has 0 bridgehead atoms. The smallest absolute Gasteiger partial charge is 0.0102 e. The highest BCUT2D eigenvalue weighted by molar-refractivity contribution is 5.74. The fourth-order valence-electron chi connectivity index (χ4n) is 5.81. The van der Waals surface area contributed by atoms with Crippen molar-refractivity contribution >= 4 is 5.57 Å². The lowest BCUT2D eigenvalue weighted by Crippen LogP contribution is -2.24. The summed E-state index contributed by atoms with van der Waals surface area (Å²) in [4.78, 5) is 0. The van der Waals surface area contributed by atoms with E-state index in [4.69, 9.17) is 0 Å². The van der Waals surface area contributed by atoms with Gasteiger partial charge in [-0.2, -0.15) is 0 Å². The molecule has 4 unspecified atom stereocenters. The monoisotopic (exact) mass is 372 g/mol. The number of hydrogen-bond donors (Lipinski definition) is 0. The SMILES string of the molecule is CCc1ccc(C2=C3CC(c4ccccc4)CC(C)C3CC2C(C)(C)C)cc1. The molecule has 2 aliphatic carbocycles. The Morgan fingerprint density at radius 3 is 2.18 bits per heavy atom. The molecule has 0 heteroatoms. The van der Waals surface area contributed by atoms with Gasteiger partial charge >= 0.3 is 0 Å². The molecule has 0 amide bonds. The van der Waals surface area contributed by atoms with Crippen LogP contribution in [0.2, 0.25) is 0 Å². The number of hydrogen-bond acceptors (Lipinski definition) is 0. The first-order valence-electron chi connectivity index (χ1n) is 11.3. The van der Waals surface area contributed by atoms with Gasteiger partial charge in [-0.15, -0.1) is 0 Å². The van der Waals surface area contributed by atoms with Gasteiger partial charge in [-0.05, 0) is 77.0 Å². The summed E-state index contributed by atoms with van der Waals surface area (Å²) >= 11 is 0. The topological polar surface area (TPSA) is 0 Å². The molecule has 0 nitrogen and oxygen atoms in total. The Balaban J connectivity index is 1.79. The summed E-state index contributed by atoms with van der Waals surface area (Å²) in [6.07, 6.45) is 5.03. The summed E-state index contributed by atoms with van der Waals surface area (Å²) in [6.45, 7) is 12.1. The van der Waals surface area contributed by atoms with Crippen molar-refractivity contribution in [1.82, 2.24) is 0 Å². The molecule has 0 radical (unpaired) electrons. The maximum absolute atomic E-state index is 2.50. The molecule has 4 atom stereocenters. The standard InChI is InChI=1S/C28H36/c1-6-20-12-14-22(15-13-20)27-25-17-23(21-10-8-7-9-11-21)16-19(2)24(25)18-26(27)28(3,4)5/h7-15,19,23-24,26H,6,16-18H2,1-5H3. The Morgan fingerprint density at radius 1 is 0.893 bits per heavy atom. The number of fused-ring (bicyclic) bond motifs is 1. The van der Waals surface area contributed by atoms with Crippen molar-refractivity contribution in [2.24, 2.45) is 23.2 Å². The Morgan fingerprint density at radius 2 is 1.57 bits per heavy atom. The number of allylic oxidation sites excluding steroid dienone is 2. The van der Waals surface area contributed by atoms with Gasteiger partial charge in [0.25, 0.3) is 0 Å². The third kappa shape index (κ3) is 3.59. The zero-order valence-corrected chi connectivity index (χ0v) is 18.3. The van der Waals surface area contributed by atoms with Crippen LogP contribution in [0.3, 0.4) is 0 Å². The summed E-state index contributed by atoms with van der Waals surface area (Å²) in [6, 6.07) is 20.7. The van der Waals surface area contributed by atoms with E-state index in [1.165, 1.54) is 36.0 Å². The fraction of sp³-hybridized carbons (Fsp3) is 0.500. The summed E-state index contributed by atoms with van der Waals surface area (Å²) < 4.78 is 0. The van der Waals surface area contributed by atoms with Gasteiger partial charge in [-0.25, -0.2) is 0 Å². The molecular weight excluding hydrogens is 336 g/mol. The van der Waals surface area contributed by atoms with E-state index >= 15 is 0 Å². The Labute approximate surface area is 172 Å². The first kappa shape index (κ1) is 19.5. The zero-order valence-electron chi connectivity index (χ0n) is 18.3. The van der Waals surface area contributed by atoms with E-state index < -0.39 is 0 Å². The van der Waals surface area contributed by atoms with Gasteiger partial charge in [-0.1, -0.05) is 94.8 Å². The molecule has 2 aromatic rings. The molecule has 1 fully saturated rings. The van der Waals surface area contributed by atoms with Gasteiger partial charge in [0, 0.05) is 0 Å². The molecule has 0 spiro atoms. The molecule has 28 heavy (non-hydrogen) atoms. The van der Waals surface area contributed by atoms with Crippen LogP contribution in [0.4, 0.5) is 0 Å². The predicted molar refractivity (Wildman–Crippen MR) is 121 cm³/mol. The Bertz CT molecular complexity index is 832. The van der Waals surface area contributed by atoms with E-state index in [0.717, 1.165) is 18.3 Å². The molecule has 0 saturated heterocycles. The van der Waals surface area contributed by atoms with Crippen LogP contribution in [-0.4, -0.2) is 0 Å². The molecular formula is C28H36. The van der Waals surface area contributed by atoms with E-state index in [0.29, 0.717) is 17.3 Å². The first-order valence-corrected chi connectivity index (χ1v) is 11.3. The molecule has 2 aromatic carbocycles. The quantitative estimate of drug-likeness (QED) is 0.513. The zero-order chi connectivity index (χ0) is 19.9. The summed E-state index contributed by atoms with van der Waals surface area (Å²) in [5, 5.41) is 0. The van der Waals surface area contributed by atoms with Crippen LogP contribution in [0.5, 0.6) is 0 Å². The van der Waals surface area contributed by atoms with Gasteiger partial charge in [0.2, 0.25) is 0 Å². The minimum Gasteiger partial charge on any atom is -0.0622 e. The van der Waals surface area contributed by atoms with Gasteiger partial charge in [0.15, 0.2) is 0 Å². The molecule has 4 rings (SSSR count). The van der Waals surface area contributed by atoms with Crippen molar-refractivity contribution in [3.05, 3.63) is 76.9 Å². The lowest BCUT2D eigenvalue weighted by Gasteiger charge is -2.35. The van der Waals surface area contributed by atoms with E-state index in [1.54, 1.807) is 11.1 Å². The van der Waals surface area contributed by atoms with E-state index in [-0.39, 0.29) is 0 Å². The van der Waals surface area contributed by atoms with E-state index in [1.807, 2.05) is 0 Å². The molecule has 2 aliphatic rings. The van der Waals surface area contributed by atoms with Crippen LogP contribution in [0.1, 0.15) is 76.5 Å². The van der Waals surface area contributed by atoms with Crippen LogP contribution in [-0.2, 0) is 6.42 Å². The first-order chi connectivity index (χ1) is 13.4. The third-order valence-corrected chi connectivity index (χ3v) is 7.43. The second-order valence-corrected chi connectivity index (χ2v) is 10.3. The molecule has 0 heterocycles. The third-order valence-electron chi connectivity index (χ3n) is 7.43. The van der Waals surface area contributed by atoms with Crippen molar-refractivity contribution in [3.8, 4) is 0 Å². The highest BCUT2D eigenvalue weighted by Gasteiger charge is 2.45. The van der Waals surface area contributed by atoms with Crippen LogP contribution < -0.4 is 0 Å². The van der Waals surface area contributed by atoms with E-state index in [9.17, 15) is 0 Å². The maximum atomic E-state index is 2.50. The van der Waals surface area contributed by atoms with Gasteiger partial charge < -0.3 is 0 Å². The molecule has 0 aromatic heterocycles. The second-order valence-electron chi connectivity index (χ2n) is 10.3. The van der Waals surface area contributed by atoms with Crippen LogP contribution in [0, 0.1) is 23.2 Å². The average molecular weight is 373 g/mol. The average Bonchev–Trinajstić information content (AvgIpc) is 3.09. The van der Waals surface area contributed by atoms with Crippen LogP contribution in [0.15, 0.2) is 60.2 Å². The van der Waals surface area contributed by atoms with Crippen LogP contribution >= 0.6 is 0 Å². The molecule has 0 N–H and O–H groups in total. The van der Waals surface area contributed by atoms with Gasteiger partial charge in [0.05, 0.1) is 0 Å². The van der Waals surface area contributed by atoms with E-state index in [2.05, 4.69) is 89.2 Å². The van der Waals surface area contributed by atoms with Gasteiger partial charge in [0.1, 0.15) is 0 Å². The minimum absolute atomic E-state index is 0.311. The maximum Gasteiger partial charge on any atom is -0.0102 e. The van der Waals surface area contributed by atoms with Crippen LogP contribution in [0.25, 0.3) is 5.57 Å². The highest BCUT2D eigenvalue weighted by atomic mass is 14.5. The second kappa shape index (κ2) is 7.54. The van der Waals surface area contributed by atoms with Crippen molar-refractivity contribution in [1.29, 1.82) is 0 Å². The Kier molecular flexibility index (Phi) is 5.25. The minimum atomic E-state index is 0.311. The number of benzene rings is 2. The summed E-state index contributed by atoms with van der Waals surface area (Å²) in [5.74, 6) is 2.87. The van der Waals surface area contributed by atoms with Crippen molar-refractivity contribution < 1.29 is 0 Å². The highest BCUT2D eigenvalue weighted by Crippen LogP contribution is 2.58. The van der Waals surface area contributed by atoms with Gasteiger partial charge in [-0.3, -0.25) is 0 Å². The normalized spacial score (nSPS) is 27.8. The number of aryl methyl sites for hydroxylation is 1. The lowest BCUT2D eigenvalue weighted by molar-refractivity contribution is 0.232. The lowest BCUT2D eigenvalue weighted by atomic mass is 9.70. The summed E-state index contributed by atoms with van der Waals surface area (Å²) in [7, 11) is 0. The molecule has 148 valence electrons. The number of rotatable bonds is 3. The van der Waals surface area contributed by atoms with Crippen molar-refractivity contribution in [3.63, 3.8) is 0 Å². The largest absolute Gasteiger partial charge is 0.0622 e.